The Hall–Kier alpha value is -2.60. The Morgan fingerprint density at radius 3 is 2.71 bits per heavy atom. The van der Waals surface area contributed by atoms with Gasteiger partial charge in [0.2, 0.25) is 4.77 Å². The van der Waals surface area contributed by atoms with Crippen molar-refractivity contribution < 1.29 is 0 Å². The number of H-pyrrole nitrogens is 1. The van der Waals surface area contributed by atoms with Crippen molar-refractivity contribution in [2.24, 2.45) is 5.10 Å². The second-order valence-corrected chi connectivity index (χ2v) is 4.89. The number of nitrogens with zero attached hydrogens (tertiary/aromatic N) is 4. The lowest BCUT2D eigenvalue weighted by molar-refractivity contribution is 0.871. The molecular weight excluding hydrogens is 282 g/mol. The number of aromatic amines is 1. The Balaban J connectivity index is 2.02. The number of aromatic nitrogens is 4. The van der Waals surface area contributed by atoms with Crippen LogP contribution in [0, 0.1) is 11.7 Å². The average molecular weight is 295 g/mol. The van der Waals surface area contributed by atoms with Gasteiger partial charge in [-0.25, -0.2) is 5.10 Å². The van der Waals surface area contributed by atoms with E-state index in [0.29, 0.717) is 10.6 Å². The molecule has 3 aromatic rings. The van der Waals surface area contributed by atoms with Crippen LogP contribution in [0.25, 0.3) is 11.4 Å². The average Bonchev–Trinajstić information content (AvgIpc) is 2.88. The van der Waals surface area contributed by atoms with Gasteiger partial charge in [-0.2, -0.15) is 14.9 Å². The molecule has 0 fully saturated rings. The molecule has 0 bridgehead atoms. The van der Waals surface area contributed by atoms with Crippen LogP contribution in [0.2, 0.25) is 0 Å². The molecule has 1 N–H and O–H groups in total. The van der Waals surface area contributed by atoms with Crippen molar-refractivity contribution in [3.63, 3.8) is 0 Å². The van der Waals surface area contributed by atoms with Gasteiger partial charge >= 0.3 is 0 Å². The summed E-state index contributed by atoms with van der Waals surface area (Å²) in [5, 5.41) is 11.4. The quantitative estimate of drug-likeness (QED) is 0.596. The van der Waals surface area contributed by atoms with Gasteiger partial charge in [-0.1, -0.05) is 24.3 Å². The zero-order valence-electron chi connectivity index (χ0n) is 11.4. The van der Waals surface area contributed by atoms with Crippen molar-refractivity contribution in [3.05, 3.63) is 64.7 Å². The summed E-state index contributed by atoms with van der Waals surface area (Å²) < 4.78 is 2.06. The van der Waals surface area contributed by atoms with E-state index >= 15 is 0 Å². The van der Waals surface area contributed by atoms with Crippen molar-refractivity contribution in [3.8, 4) is 11.4 Å². The van der Waals surface area contributed by atoms with Gasteiger partial charge in [0.15, 0.2) is 5.82 Å². The van der Waals surface area contributed by atoms with Gasteiger partial charge in [-0.15, -0.1) is 0 Å². The van der Waals surface area contributed by atoms with E-state index in [0.717, 1.165) is 16.7 Å². The van der Waals surface area contributed by atoms with E-state index < -0.39 is 0 Å². The summed E-state index contributed by atoms with van der Waals surface area (Å²) >= 11 is 5.24. The third-order valence-corrected chi connectivity index (χ3v) is 3.35. The van der Waals surface area contributed by atoms with E-state index in [4.69, 9.17) is 12.2 Å². The molecule has 2 aromatic heterocycles. The molecule has 1 aromatic carbocycles. The van der Waals surface area contributed by atoms with Crippen molar-refractivity contribution in [2.45, 2.75) is 6.92 Å². The molecule has 0 saturated carbocycles. The Bertz CT molecular complexity index is 833. The fourth-order valence-corrected chi connectivity index (χ4v) is 2.12. The van der Waals surface area contributed by atoms with E-state index in [9.17, 15) is 0 Å². The number of nitrogens with one attached hydrogen (secondary N) is 1. The smallest absolute Gasteiger partial charge is 0.216 e. The van der Waals surface area contributed by atoms with Crippen LogP contribution in [0.3, 0.4) is 0 Å². The first-order valence-electron chi connectivity index (χ1n) is 6.43. The minimum Gasteiger partial charge on any atom is -0.265 e. The molecule has 0 aliphatic rings. The van der Waals surface area contributed by atoms with E-state index in [1.54, 1.807) is 23.3 Å². The number of benzene rings is 1. The zero-order valence-corrected chi connectivity index (χ0v) is 12.2. The van der Waals surface area contributed by atoms with Crippen LogP contribution in [-0.2, 0) is 0 Å². The summed E-state index contributed by atoms with van der Waals surface area (Å²) in [6.45, 7) is 2.04. The summed E-state index contributed by atoms with van der Waals surface area (Å²) in [6, 6.07) is 11.8. The number of hydrogen-bond acceptors (Lipinski definition) is 4. The maximum atomic E-state index is 5.24. The van der Waals surface area contributed by atoms with Gasteiger partial charge < -0.3 is 0 Å². The third-order valence-electron chi connectivity index (χ3n) is 3.09. The van der Waals surface area contributed by atoms with Crippen LogP contribution in [0.4, 0.5) is 0 Å². The van der Waals surface area contributed by atoms with Gasteiger partial charge in [-0.05, 0) is 42.4 Å². The topological polar surface area (TPSA) is 58.9 Å². The van der Waals surface area contributed by atoms with E-state index in [2.05, 4.69) is 20.3 Å². The summed E-state index contributed by atoms with van der Waals surface area (Å²) in [7, 11) is 0. The van der Waals surface area contributed by atoms with Gasteiger partial charge in [0.05, 0.1) is 6.21 Å². The fraction of sp³-hybridized carbons (Fsp3) is 0.0667. The second kappa shape index (κ2) is 5.80. The maximum absolute atomic E-state index is 5.24. The summed E-state index contributed by atoms with van der Waals surface area (Å²) in [5.41, 5.74) is 3.10. The molecule has 0 amide bonds. The van der Waals surface area contributed by atoms with Gasteiger partial charge in [0, 0.05) is 18.0 Å². The molecule has 104 valence electrons. The molecule has 0 aliphatic heterocycles. The van der Waals surface area contributed by atoms with Gasteiger partial charge in [0.1, 0.15) is 0 Å². The molecule has 21 heavy (non-hydrogen) atoms. The van der Waals surface area contributed by atoms with Crippen LogP contribution in [0.15, 0.2) is 53.9 Å². The number of pyridine rings is 1. The molecule has 0 radical (unpaired) electrons. The molecule has 3 rings (SSSR count). The van der Waals surface area contributed by atoms with Crippen LogP contribution >= 0.6 is 12.2 Å². The Morgan fingerprint density at radius 1 is 1.19 bits per heavy atom. The lowest BCUT2D eigenvalue weighted by Crippen LogP contribution is -1.96. The van der Waals surface area contributed by atoms with Crippen LogP contribution < -0.4 is 0 Å². The molecule has 5 nitrogen and oxygen atoms in total. The highest BCUT2D eigenvalue weighted by Gasteiger charge is 2.07. The number of aryl methyl sites for hydroxylation is 1. The first-order chi connectivity index (χ1) is 10.3. The monoisotopic (exact) mass is 295 g/mol. The lowest BCUT2D eigenvalue weighted by Gasteiger charge is -2.01. The maximum Gasteiger partial charge on any atom is 0.216 e. The fourth-order valence-electron chi connectivity index (χ4n) is 1.94. The highest BCUT2D eigenvalue weighted by Crippen LogP contribution is 2.15. The molecule has 0 unspecified atom stereocenters. The van der Waals surface area contributed by atoms with Crippen molar-refractivity contribution in [1.29, 1.82) is 0 Å². The van der Waals surface area contributed by atoms with Crippen LogP contribution in [0.5, 0.6) is 0 Å². The molecule has 0 atom stereocenters. The van der Waals surface area contributed by atoms with Crippen molar-refractivity contribution >= 4 is 18.4 Å². The first kappa shape index (κ1) is 13.4. The Labute approximate surface area is 127 Å². The normalized spacial score (nSPS) is 11.1. The largest absolute Gasteiger partial charge is 0.265 e. The Morgan fingerprint density at radius 2 is 1.95 bits per heavy atom. The SMILES string of the molecule is Cc1ccccc1/C=N/n1c(-c2ccncc2)n[nH]c1=S. The molecule has 0 aliphatic carbocycles. The van der Waals surface area contributed by atoms with E-state index in [-0.39, 0.29) is 0 Å². The van der Waals surface area contributed by atoms with Crippen molar-refractivity contribution in [2.75, 3.05) is 0 Å². The molecule has 2 heterocycles. The predicted octanol–water partition coefficient (Wildman–Crippen LogP) is 3.19. The summed E-state index contributed by atoms with van der Waals surface area (Å²) in [6.07, 6.45) is 5.20. The lowest BCUT2D eigenvalue weighted by atomic mass is 10.1. The van der Waals surface area contributed by atoms with E-state index in [1.807, 2.05) is 43.3 Å². The van der Waals surface area contributed by atoms with Crippen molar-refractivity contribution in [1.82, 2.24) is 19.9 Å². The number of hydrogen-bond donors (Lipinski definition) is 1. The van der Waals surface area contributed by atoms with Crippen LogP contribution in [0.1, 0.15) is 11.1 Å². The molecule has 0 spiro atoms. The minimum absolute atomic E-state index is 0.451. The second-order valence-electron chi connectivity index (χ2n) is 4.50. The Kier molecular flexibility index (Phi) is 3.70. The highest BCUT2D eigenvalue weighted by atomic mass is 32.1. The molecule has 0 saturated heterocycles. The first-order valence-corrected chi connectivity index (χ1v) is 6.84. The van der Waals surface area contributed by atoms with Gasteiger partial charge in [0.25, 0.3) is 0 Å². The van der Waals surface area contributed by atoms with Crippen LogP contribution in [-0.4, -0.2) is 26.1 Å². The summed E-state index contributed by atoms with van der Waals surface area (Å²) in [4.78, 5) is 4.00. The van der Waals surface area contributed by atoms with Gasteiger partial charge in [-0.3, -0.25) is 4.98 Å². The molecule has 6 heteroatoms. The van der Waals surface area contributed by atoms with E-state index in [1.165, 1.54) is 0 Å². The summed E-state index contributed by atoms with van der Waals surface area (Å²) in [5.74, 6) is 0.659. The zero-order chi connectivity index (χ0) is 14.7. The standard InChI is InChI=1S/C15H13N5S/c1-11-4-2-3-5-13(11)10-17-20-14(18-19-15(20)21)12-6-8-16-9-7-12/h2-10H,1H3,(H,19,21)/b17-10+. The molecular formula is C15H13N5S. The highest BCUT2D eigenvalue weighted by molar-refractivity contribution is 7.71. The minimum atomic E-state index is 0.451. The number of rotatable bonds is 3. The predicted molar refractivity (Wildman–Crippen MR) is 84.8 cm³/mol. The third kappa shape index (κ3) is 2.80.